The molecule has 6 aromatic carbocycles. The maximum absolute atomic E-state index is 5.74. The van der Waals surface area contributed by atoms with Gasteiger partial charge in [0.2, 0.25) is 0 Å². The third-order valence-electron chi connectivity index (χ3n) is 15.6. The van der Waals surface area contributed by atoms with Gasteiger partial charge in [0.25, 0.3) is 0 Å². The van der Waals surface area contributed by atoms with Gasteiger partial charge in [0, 0.05) is 29.2 Å². The van der Waals surface area contributed by atoms with E-state index in [0.717, 1.165) is 23.0 Å². The Morgan fingerprint density at radius 1 is 0.384 bits per heavy atom. The van der Waals surface area contributed by atoms with Crippen LogP contribution in [0, 0.1) is 67.2 Å². The van der Waals surface area contributed by atoms with E-state index in [0.29, 0.717) is 35.2 Å². The third-order valence-corrected chi connectivity index (χ3v) is 21.5. The summed E-state index contributed by atoms with van der Waals surface area (Å²) in [6, 6.07) is 42.2. The van der Waals surface area contributed by atoms with Gasteiger partial charge in [0.15, 0.2) is 0 Å². The van der Waals surface area contributed by atoms with Gasteiger partial charge < -0.3 is 28.7 Å². The Labute approximate surface area is 453 Å². The van der Waals surface area contributed by atoms with Crippen LogP contribution < -0.4 is 40.2 Å². The van der Waals surface area contributed by atoms with Crippen LogP contribution in [0.1, 0.15) is 106 Å². The average Bonchev–Trinajstić information content (AvgIpc) is 4.00. The van der Waals surface area contributed by atoms with Crippen molar-refractivity contribution in [2.45, 2.75) is 117 Å². The molecule has 0 aliphatic heterocycles. The molecular formula is C64H84FeN2O4P2. The number of nitrogens with zero attached hydrogens (tertiary/aromatic N) is 2. The van der Waals surface area contributed by atoms with Crippen molar-refractivity contribution in [1.29, 1.82) is 0 Å². The third kappa shape index (κ3) is 12.7. The predicted octanol–water partition coefficient (Wildman–Crippen LogP) is 13.7. The second-order valence-corrected chi connectivity index (χ2v) is 26.0. The molecular weight excluding hydrogens is 979 g/mol. The topological polar surface area (TPSA) is 43.4 Å². The summed E-state index contributed by atoms with van der Waals surface area (Å²) < 4.78 is 23.0. The zero-order valence-corrected chi connectivity index (χ0v) is 49.8. The molecule has 6 nitrogen and oxygen atoms in total. The number of hydrogen-bond acceptors (Lipinski definition) is 6. The van der Waals surface area contributed by atoms with E-state index < -0.39 is 15.8 Å². The van der Waals surface area contributed by atoms with Gasteiger partial charge in [-0.2, -0.15) is 0 Å². The van der Waals surface area contributed by atoms with Crippen molar-refractivity contribution in [3.63, 3.8) is 0 Å². The van der Waals surface area contributed by atoms with Crippen molar-refractivity contribution in [2.24, 2.45) is 11.8 Å². The molecule has 8 rings (SSSR count). The number of methoxy groups -OCH3 is 4. The molecule has 0 spiro atoms. The molecule has 6 atom stereocenters. The van der Waals surface area contributed by atoms with E-state index in [1.165, 1.54) is 115 Å². The second kappa shape index (κ2) is 26.0. The Morgan fingerprint density at radius 3 is 0.822 bits per heavy atom. The number of ether oxygens (including phenoxy) is 4. The molecule has 0 saturated heterocycles. The molecule has 4 unspecified atom stereocenters. The SMILES string of the molecule is COc1c(C)cc(P(c2cc(C)c(OC)c(C)c2)C2CCCC2[C@H](c2ccccc2)N(C)C)cc1C.COc1c(C)cc(P(c2cc(C)c(OC)c(C)c2)C2CCCC2[C@H](c2ccccc2)N(C)C)cc1C.[Fe]. The van der Waals surface area contributed by atoms with Gasteiger partial charge >= 0.3 is 0 Å². The predicted molar refractivity (Wildman–Crippen MR) is 310 cm³/mol. The number of aryl methyl sites for hydroxylation is 8. The summed E-state index contributed by atoms with van der Waals surface area (Å²) in [6.45, 7) is 17.5. The Hall–Kier alpha value is -4.18. The Balaban J connectivity index is 0.000000235. The van der Waals surface area contributed by atoms with Crippen LogP contribution in [0.2, 0.25) is 0 Å². The first-order chi connectivity index (χ1) is 34.5. The quantitative estimate of drug-likeness (QED) is 0.0711. The molecule has 0 amide bonds. The van der Waals surface area contributed by atoms with E-state index in [2.05, 4.69) is 203 Å². The zero-order chi connectivity index (χ0) is 52.0. The fourth-order valence-electron chi connectivity index (χ4n) is 13.1. The summed E-state index contributed by atoms with van der Waals surface area (Å²) >= 11 is 0. The van der Waals surface area contributed by atoms with Crippen LogP contribution in [0.3, 0.4) is 0 Å². The number of hydrogen-bond donors (Lipinski definition) is 0. The van der Waals surface area contributed by atoms with Gasteiger partial charge in [0.1, 0.15) is 23.0 Å². The van der Waals surface area contributed by atoms with Gasteiger partial charge in [-0.15, -0.1) is 0 Å². The van der Waals surface area contributed by atoms with Crippen molar-refractivity contribution in [3.05, 3.63) is 165 Å². The molecule has 9 heteroatoms. The molecule has 0 aromatic heterocycles. The van der Waals surface area contributed by atoms with E-state index >= 15 is 0 Å². The van der Waals surface area contributed by atoms with Crippen molar-refractivity contribution in [2.75, 3.05) is 56.6 Å². The molecule has 73 heavy (non-hydrogen) atoms. The van der Waals surface area contributed by atoms with E-state index in [1.807, 2.05) is 0 Å². The molecule has 0 heterocycles. The van der Waals surface area contributed by atoms with Crippen molar-refractivity contribution < 1.29 is 36.0 Å². The Bertz CT molecular complexity index is 2370. The maximum atomic E-state index is 5.74. The van der Waals surface area contributed by atoms with Crippen LogP contribution in [0.5, 0.6) is 23.0 Å². The van der Waals surface area contributed by atoms with Gasteiger partial charge in [-0.1, -0.05) is 73.5 Å². The largest absolute Gasteiger partial charge is 0.496 e. The van der Waals surface area contributed by atoms with E-state index in [4.69, 9.17) is 18.9 Å². The zero-order valence-electron chi connectivity index (χ0n) is 46.9. The molecule has 6 aromatic rings. The molecule has 392 valence electrons. The first-order valence-electron chi connectivity index (χ1n) is 26.1. The fourth-order valence-corrected chi connectivity index (χ4v) is 20.2. The molecule has 0 bridgehead atoms. The van der Waals surface area contributed by atoms with Crippen LogP contribution >= 0.6 is 15.8 Å². The van der Waals surface area contributed by atoms with E-state index in [1.54, 1.807) is 28.4 Å². The minimum Gasteiger partial charge on any atom is -0.496 e. The molecule has 2 aliphatic rings. The second-order valence-electron chi connectivity index (χ2n) is 21.2. The van der Waals surface area contributed by atoms with Gasteiger partial charge in [-0.05, 0) is 274 Å². The first kappa shape index (κ1) is 58.1. The van der Waals surface area contributed by atoms with Crippen LogP contribution in [0.4, 0.5) is 0 Å². The average molecular weight is 1060 g/mol. The van der Waals surface area contributed by atoms with Crippen molar-refractivity contribution >= 4 is 37.1 Å². The number of benzene rings is 6. The Morgan fingerprint density at radius 2 is 0.616 bits per heavy atom. The minimum atomic E-state index is -0.576. The summed E-state index contributed by atoms with van der Waals surface area (Å²) in [7, 11) is 15.0. The first-order valence-corrected chi connectivity index (χ1v) is 29.0. The van der Waals surface area contributed by atoms with Gasteiger partial charge in [-0.3, -0.25) is 0 Å². The smallest absolute Gasteiger partial charge is 0.124 e. The monoisotopic (exact) mass is 1060 g/mol. The van der Waals surface area contributed by atoms with Crippen LogP contribution in [0.25, 0.3) is 0 Å². The van der Waals surface area contributed by atoms with E-state index in [9.17, 15) is 0 Å². The normalized spacial score (nSPS) is 18.4. The van der Waals surface area contributed by atoms with Crippen molar-refractivity contribution in [1.82, 2.24) is 9.80 Å². The minimum absolute atomic E-state index is 0. The summed E-state index contributed by atoms with van der Waals surface area (Å²) in [6.07, 6.45) is 7.64. The fraction of sp³-hybridized carbons (Fsp3) is 0.438. The van der Waals surface area contributed by atoms with Gasteiger partial charge in [-0.25, -0.2) is 0 Å². The maximum Gasteiger partial charge on any atom is 0.124 e. The summed E-state index contributed by atoms with van der Waals surface area (Å²) in [5.74, 6) is 5.23. The molecule has 2 aliphatic carbocycles. The van der Waals surface area contributed by atoms with Gasteiger partial charge in [0.05, 0.1) is 28.4 Å². The molecule has 0 radical (unpaired) electrons. The standard InChI is InChI=1S/2C32H42NO2P.Fe/c2*1-21-17-26(18-22(2)31(21)34-7)36(27-19-23(3)32(35-8)24(4)20-27)29-16-12-15-28(29)30(33(5)6)25-13-10-9-11-14-25;/h2*9-11,13-14,17-20,28-30H,12,15-16H2,1-8H3;/t2*28?,29?,30-;/m00./s1. The van der Waals surface area contributed by atoms with Crippen LogP contribution in [-0.2, 0) is 17.1 Å². The molecule has 2 fully saturated rings. The molecule has 0 N–H and O–H groups in total. The van der Waals surface area contributed by atoms with E-state index in [-0.39, 0.29) is 17.1 Å². The van der Waals surface area contributed by atoms with Crippen LogP contribution in [0.15, 0.2) is 109 Å². The van der Waals surface area contributed by atoms with Crippen LogP contribution in [-0.4, -0.2) is 77.7 Å². The summed E-state index contributed by atoms with van der Waals surface area (Å²) in [5.41, 5.74) is 13.9. The van der Waals surface area contributed by atoms with Crippen molar-refractivity contribution in [3.8, 4) is 23.0 Å². The number of rotatable bonds is 16. The summed E-state index contributed by atoms with van der Waals surface area (Å²) in [5, 5.41) is 5.86. The molecule has 2 saturated carbocycles. The summed E-state index contributed by atoms with van der Waals surface area (Å²) in [4.78, 5) is 4.89. The Kier molecular flexibility index (Phi) is 20.7.